The zero-order valence-corrected chi connectivity index (χ0v) is 22.6. The number of nitrogens with zero attached hydrogens (tertiary/aromatic N) is 1. The van der Waals surface area contributed by atoms with Crippen LogP contribution in [-0.2, 0) is 26.2 Å². The number of phenolic OH excluding ortho intramolecular Hbond substituents is 1. The number of piperidine rings is 1. The normalized spacial score (nSPS) is 25.2. The number of phenols is 1. The summed E-state index contributed by atoms with van der Waals surface area (Å²) >= 11 is 0. The number of rotatable bonds is 11. The Bertz CT molecular complexity index is 1090. The Morgan fingerprint density at radius 1 is 1.16 bits per heavy atom. The first-order chi connectivity index (χ1) is 18.4. The lowest BCUT2D eigenvalue weighted by Gasteiger charge is -2.55. The summed E-state index contributed by atoms with van der Waals surface area (Å²) in [6, 6.07) is 17.8. The van der Waals surface area contributed by atoms with Gasteiger partial charge in [0.15, 0.2) is 0 Å². The zero-order chi connectivity index (χ0) is 27.0. The summed E-state index contributed by atoms with van der Waals surface area (Å²) in [5, 5.41) is 13.6. The number of unbranched alkanes of at least 4 members (excludes halogenated alkanes) is 2. The number of hydrogen-bond donors (Lipinski definition) is 2. The molecular weight excluding hydrogens is 476 g/mol. The smallest absolute Gasteiger partial charge is 0.302 e. The van der Waals surface area contributed by atoms with Gasteiger partial charge < -0.3 is 15.2 Å². The fraction of sp³-hybridized carbons (Fsp3) is 0.500. The molecule has 38 heavy (non-hydrogen) atoms. The molecule has 1 saturated carbocycles. The van der Waals surface area contributed by atoms with E-state index in [-0.39, 0.29) is 41.1 Å². The molecule has 1 heterocycles. The monoisotopic (exact) mass is 518 g/mol. The van der Waals surface area contributed by atoms with Gasteiger partial charge in [-0.1, -0.05) is 55.0 Å². The molecule has 1 saturated heterocycles. The quantitative estimate of drug-likeness (QED) is 0.244. The van der Waals surface area contributed by atoms with E-state index in [1.54, 1.807) is 6.07 Å². The highest BCUT2D eigenvalue weighted by molar-refractivity contribution is 5.76. The molecule has 2 aromatic rings. The van der Waals surface area contributed by atoms with Crippen LogP contribution in [0.1, 0.15) is 63.0 Å². The maximum absolute atomic E-state index is 13.0. The van der Waals surface area contributed by atoms with E-state index in [0.29, 0.717) is 12.8 Å². The van der Waals surface area contributed by atoms with Gasteiger partial charge in [0.1, 0.15) is 11.9 Å². The largest absolute Gasteiger partial charge is 0.508 e. The van der Waals surface area contributed by atoms with Gasteiger partial charge in [-0.2, -0.15) is 0 Å². The average molecular weight is 519 g/mol. The van der Waals surface area contributed by atoms with Crippen molar-refractivity contribution < 1.29 is 19.4 Å². The molecule has 1 amide bonds. The van der Waals surface area contributed by atoms with Gasteiger partial charge in [-0.05, 0) is 61.9 Å². The standard InChI is InChI=1S/C32H42N2O4/c1-3-18-34-19-17-32(26-14-10-15-28(36)20-26)22-27(21-30(29(32)23-34)38-24(2)35)33-31(37)16-9-5-8-13-25-11-6-4-7-12-25/h3-4,6-7,10-12,14-15,20,27,29-30,36H,1,5,8-9,13,16-19,21-23H2,2H3,(H,33,37). The van der Waals surface area contributed by atoms with E-state index >= 15 is 0 Å². The van der Waals surface area contributed by atoms with Crippen LogP contribution in [0.15, 0.2) is 67.3 Å². The molecule has 1 aliphatic heterocycles. The summed E-state index contributed by atoms with van der Waals surface area (Å²) < 4.78 is 5.93. The summed E-state index contributed by atoms with van der Waals surface area (Å²) in [5.74, 6) is 0.0545. The van der Waals surface area contributed by atoms with E-state index in [0.717, 1.165) is 63.7 Å². The minimum atomic E-state index is -0.313. The second kappa shape index (κ2) is 13.1. The molecule has 2 aromatic carbocycles. The molecule has 204 valence electrons. The molecule has 0 spiro atoms. The third-order valence-electron chi connectivity index (χ3n) is 8.32. The molecule has 6 nitrogen and oxygen atoms in total. The average Bonchev–Trinajstić information content (AvgIpc) is 2.89. The van der Waals surface area contributed by atoms with Crippen molar-refractivity contribution in [3.8, 4) is 5.75 Å². The molecule has 2 aliphatic rings. The van der Waals surface area contributed by atoms with Crippen molar-refractivity contribution in [1.29, 1.82) is 0 Å². The Hall–Kier alpha value is -3.12. The highest BCUT2D eigenvalue weighted by Crippen LogP contribution is 2.50. The van der Waals surface area contributed by atoms with E-state index in [9.17, 15) is 14.7 Å². The van der Waals surface area contributed by atoms with Gasteiger partial charge in [0.25, 0.3) is 0 Å². The second-order valence-corrected chi connectivity index (χ2v) is 11.0. The lowest BCUT2D eigenvalue weighted by Crippen LogP contribution is -2.61. The molecule has 4 atom stereocenters. The first-order valence-corrected chi connectivity index (χ1v) is 14.0. The van der Waals surface area contributed by atoms with E-state index < -0.39 is 0 Å². The Labute approximate surface area is 227 Å². The van der Waals surface area contributed by atoms with Crippen LogP contribution in [0.5, 0.6) is 5.75 Å². The third kappa shape index (κ3) is 7.04. The van der Waals surface area contributed by atoms with E-state index in [1.165, 1.54) is 12.5 Å². The topological polar surface area (TPSA) is 78.9 Å². The van der Waals surface area contributed by atoms with Crippen LogP contribution in [-0.4, -0.2) is 53.7 Å². The number of benzene rings is 2. The van der Waals surface area contributed by atoms with Gasteiger partial charge >= 0.3 is 5.97 Å². The molecule has 4 unspecified atom stereocenters. The fourth-order valence-corrected chi connectivity index (χ4v) is 6.61. The van der Waals surface area contributed by atoms with Crippen LogP contribution in [0.4, 0.5) is 0 Å². The van der Waals surface area contributed by atoms with Gasteiger partial charge in [-0.25, -0.2) is 0 Å². The fourth-order valence-electron chi connectivity index (χ4n) is 6.61. The van der Waals surface area contributed by atoms with E-state index in [1.807, 2.05) is 24.3 Å². The van der Waals surface area contributed by atoms with Crippen molar-refractivity contribution in [1.82, 2.24) is 10.2 Å². The summed E-state index contributed by atoms with van der Waals surface area (Å²) in [6.07, 6.45) is 8.29. The summed E-state index contributed by atoms with van der Waals surface area (Å²) in [7, 11) is 0. The Kier molecular flexibility index (Phi) is 9.62. The van der Waals surface area contributed by atoms with Gasteiger partial charge in [0.2, 0.25) is 5.91 Å². The van der Waals surface area contributed by atoms with Crippen LogP contribution in [0, 0.1) is 5.92 Å². The molecule has 0 bridgehead atoms. The number of likely N-dealkylation sites (tertiary alicyclic amines) is 1. The summed E-state index contributed by atoms with van der Waals surface area (Å²) in [6.45, 7) is 7.80. The van der Waals surface area contributed by atoms with Crippen molar-refractivity contribution in [2.75, 3.05) is 19.6 Å². The molecule has 2 N–H and O–H groups in total. The van der Waals surface area contributed by atoms with E-state index in [4.69, 9.17) is 4.74 Å². The molecule has 1 aliphatic carbocycles. The molecule has 0 aromatic heterocycles. The number of nitrogens with one attached hydrogen (secondary N) is 1. The van der Waals surface area contributed by atoms with Gasteiger partial charge in [0.05, 0.1) is 0 Å². The Morgan fingerprint density at radius 2 is 1.97 bits per heavy atom. The molecule has 0 radical (unpaired) electrons. The van der Waals surface area contributed by atoms with Gasteiger partial charge in [0, 0.05) is 50.2 Å². The van der Waals surface area contributed by atoms with E-state index in [2.05, 4.69) is 47.1 Å². The lowest BCUT2D eigenvalue weighted by atomic mass is 9.57. The highest BCUT2D eigenvalue weighted by Gasteiger charge is 2.53. The Balaban J connectivity index is 1.44. The van der Waals surface area contributed by atoms with Crippen molar-refractivity contribution in [2.45, 2.75) is 75.9 Å². The zero-order valence-electron chi connectivity index (χ0n) is 22.6. The number of carbonyl (C=O) groups excluding carboxylic acids is 2. The number of aromatic hydroxyl groups is 1. The molecule has 2 fully saturated rings. The molecular formula is C32H42N2O4. The molecule has 6 heteroatoms. The van der Waals surface area contributed by atoms with Gasteiger partial charge in [-0.3, -0.25) is 14.5 Å². The van der Waals surface area contributed by atoms with Crippen molar-refractivity contribution in [3.63, 3.8) is 0 Å². The third-order valence-corrected chi connectivity index (χ3v) is 8.32. The number of amides is 1. The van der Waals surface area contributed by atoms with Gasteiger partial charge in [-0.15, -0.1) is 6.58 Å². The van der Waals surface area contributed by atoms with Crippen LogP contribution >= 0.6 is 0 Å². The second-order valence-electron chi connectivity index (χ2n) is 11.0. The summed E-state index contributed by atoms with van der Waals surface area (Å²) in [5.41, 5.74) is 2.09. The minimum absolute atomic E-state index is 0.0601. The first-order valence-electron chi connectivity index (χ1n) is 14.0. The predicted molar refractivity (Wildman–Crippen MR) is 150 cm³/mol. The number of aryl methyl sites for hydroxylation is 1. The van der Waals surface area contributed by atoms with Crippen LogP contribution in [0.3, 0.4) is 0 Å². The molecule has 4 rings (SSSR count). The lowest BCUT2D eigenvalue weighted by molar-refractivity contribution is -0.157. The van der Waals surface area contributed by atoms with Crippen LogP contribution in [0.2, 0.25) is 0 Å². The SMILES string of the molecule is C=CCN1CCC2(c3cccc(O)c3)CC(NC(=O)CCCCCc3ccccc3)CC(OC(C)=O)C2C1. The number of ether oxygens (including phenoxy) is 1. The number of fused-ring (bicyclic) bond motifs is 1. The number of hydrogen-bond acceptors (Lipinski definition) is 5. The number of carbonyl (C=O) groups is 2. The number of esters is 1. The first kappa shape index (κ1) is 27.9. The Morgan fingerprint density at radius 3 is 2.71 bits per heavy atom. The predicted octanol–water partition coefficient (Wildman–Crippen LogP) is 5.15. The summed E-state index contributed by atoms with van der Waals surface area (Å²) in [4.78, 5) is 27.5. The minimum Gasteiger partial charge on any atom is -0.508 e. The van der Waals surface area contributed by atoms with Crippen LogP contribution < -0.4 is 5.32 Å². The maximum Gasteiger partial charge on any atom is 0.302 e. The van der Waals surface area contributed by atoms with Crippen molar-refractivity contribution in [3.05, 3.63) is 78.4 Å². The van der Waals surface area contributed by atoms with Crippen LogP contribution in [0.25, 0.3) is 0 Å². The maximum atomic E-state index is 13.0. The van der Waals surface area contributed by atoms with Crippen molar-refractivity contribution >= 4 is 11.9 Å². The highest BCUT2D eigenvalue weighted by atomic mass is 16.5. The van der Waals surface area contributed by atoms with Crippen molar-refractivity contribution in [2.24, 2.45) is 5.92 Å².